The molecule has 1 atom stereocenters. The van der Waals surface area contributed by atoms with Crippen LogP contribution in [-0.4, -0.2) is 33.0 Å². The van der Waals surface area contributed by atoms with Crippen LogP contribution in [0.5, 0.6) is 5.75 Å². The van der Waals surface area contributed by atoms with Gasteiger partial charge in [-0.3, -0.25) is 0 Å². The van der Waals surface area contributed by atoms with Crippen molar-refractivity contribution in [1.82, 2.24) is 5.32 Å². The van der Waals surface area contributed by atoms with Gasteiger partial charge in [0.1, 0.15) is 24.8 Å². The van der Waals surface area contributed by atoms with Crippen molar-refractivity contribution >= 4 is 0 Å². The highest BCUT2D eigenvalue weighted by atomic mass is 19.4. The summed E-state index contributed by atoms with van der Waals surface area (Å²) in [7, 11) is 1.74. The number of hydrogen-bond acceptors (Lipinski definition) is 3. The quantitative estimate of drug-likeness (QED) is 0.619. The van der Waals surface area contributed by atoms with Crippen LogP contribution in [0.15, 0.2) is 18.2 Å². The third-order valence-electron chi connectivity index (χ3n) is 2.63. The maximum absolute atomic E-state index is 13.2. The number of halogens is 4. The number of rotatable bonds is 7. The smallest absolute Gasteiger partial charge is 0.411 e. The summed E-state index contributed by atoms with van der Waals surface area (Å²) in [6.07, 6.45) is -4.36. The third kappa shape index (κ3) is 5.75. The molecule has 0 fully saturated rings. The SMILES string of the molecule is CNC(C)c1ccc(F)cc1OCCOCC(F)(F)F. The second kappa shape index (κ2) is 7.44. The van der Waals surface area contributed by atoms with Gasteiger partial charge in [-0.25, -0.2) is 4.39 Å². The summed E-state index contributed by atoms with van der Waals surface area (Å²) in [6, 6.07) is 4.01. The largest absolute Gasteiger partial charge is 0.491 e. The van der Waals surface area contributed by atoms with Crippen molar-refractivity contribution in [3.05, 3.63) is 29.6 Å². The summed E-state index contributed by atoms with van der Waals surface area (Å²) in [6.45, 7) is 0.242. The van der Waals surface area contributed by atoms with Crippen LogP contribution >= 0.6 is 0 Å². The molecule has 0 saturated carbocycles. The first-order valence-electron chi connectivity index (χ1n) is 6.07. The Bertz CT molecular complexity index is 423. The van der Waals surface area contributed by atoms with E-state index >= 15 is 0 Å². The molecule has 1 rings (SSSR count). The standard InChI is InChI=1S/C13H17F4NO2/c1-9(18-2)11-4-3-10(14)7-12(11)20-6-5-19-8-13(15,16)17/h3-4,7,9,18H,5-6,8H2,1-2H3. The molecule has 0 radical (unpaired) electrons. The highest BCUT2D eigenvalue weighted by molar-refractivity contribution is 5.36. The Kier molecular flexibility index (Phi) is 6.22. The molecule has 1 aromatic rings. The Morgan fingerprint density at radius 3 is 2.55 bits per heavy atom. The molecular weight excluding hydrogens is 278 g/mol. The van der Waals surface area contributed by atoms with Gasteiger partial charge in [0.25, 0.3) is 0 Å². The molecule has 3 nitrogen and oxygen atoms in total. The molecule has 7 heteroatoms. The van der Waals surface area contributed by atoms with Crippen molar-refractivity contribution in [2.45, 2.75) is 19.1 Å². The molecule has 0 bridgehead atoms. The Morgan fingerprint density at radius 1 is 1.25 bits per heavy atom. The fourth-order valence-corrected chi connectivity index (χ4v) is 1.54. The molecule has 1 unspecified atom stereocenters. The lowest BCUT2D eigenvalue weighted by molar-refractivity contribution is -0.175. The van der Waals surface area contributed by atoms with Crippen LogP contribution in [0, 0.1) is 5.82 Å². The lowest BCUT2D eigenvalue weighted by Crippen LogP contribution is -2.20. The van der Waals surface area contributed by atoms with Crippen LogP contribution in [0.2, 0.25) is 0 Å². The molecule has 1 N–H and O–H groups in total. The summed E-state index contributed by atoms with van der Waals surface area (Å²) >= 11 is 0. The van der Waals surface area contributed by atoms with Gasteiger partial charge in [-0.05, 0) is 20.0 Å². The van der Waals surface area contributed by atoms with E-state index < -0.39 is 18.6 Å². The maximum Gasteiger partial charge on any atom is 0.411 e. The fourth-order valence-electron chi connectivity index (χ4n) is 1.54. The fraction of sp³-hybridized carbons (Fsp3) is 0.538. The van der Waals surface area contributed by atoms with Crippen molar-refractivity contribution in [3.63, 3.8) is 0 Å². The zero-order chi connectivity index (χ0) is 15.2. The van der Waals surface area contributed by atoms with Gasteiger partial charge in [-0.15, -0.1) is 0 Å². The molecular formula is C13H17F4NO2. The predicted octanol–water partition coefficient (Wildman–Crippen LogP) is 3.06. The zero-order valence-electron chi connectivity index (χ0n) is 11.3. The number of hydrogen-bond donors (Lipinski definition) is 1. The van der Waals surface area contributed by atoms with Gasteiger partial charge in [0.05, 0.1) is 6.61 Å². The molecule has 0 spiro atoms. The summed E-state index contributed by atoms with van der Waals surface area (Å²) in [4.78, 5) is 0. The highest BCUT2D eigenvalue weighted by Crippen LogP contribution is 2.26. The minimum atomic E-state index is -4.36. The molecule has 0 saturated heterocycles. The summed E-state index contributed by atoms with van der Waals surface area (Å²) in [5, 5.41) is 2.98. The van der Waals surface area contributed by atoms with Gasteiger partial charge >= 0.3 is 6.18 Å². The lowest BCUT2D eigenvalue weighted by Gasteiger charge is -2.16. The van der Waals surface area contributed by atoms with Crippen molar-refractivity contribution in [3.8, 4) is 5.75 Å². The number of nitrogens with one attached hydrogen (secondary N) is 1. The summed E-state index contributed by atoms with van der Waals surface area (Å²) in [5.41, 5.74) is 0.727. The van der Waals surface area contributed by atoms with E-state index in [1.807, 2.05) is 6.92 Å². The van der Waals surface area contributed by atoms with Crippen molar-refractivity contribution < 1.29 is 27.0 Å². The van der Waals surface area contributed by atoms with E-state index in [9.17, 15) is 17.6 Å². The molecule has 0 aliphatic heterocycles. The van der Waals surface area contributed by atoms with Crippen LogP contribution in [0.4, 0.5) is 17.6 Å². The molecule has 114 valence electrons. The van der Waals surface area contributed by atoms with E-state index in [0.717, 1.165) is 5.56 Å². The van der Waals surface area contributed by atoms with Crippen molar-refractivity contribution in [2.24, 2.45) is 0 Å². The predicted molar refractivity (Wildman–Crippen MR) is 66.2 cm³/mol. The number of benzene rings is 1. The Hall–Kier alpha value is -1.34. The Morgan fingerprint density at radius 2 is 1.95 bits per heavy atom. The van der Waals surface area contributed by atoms with Gasteiger partial charge in [0.2, 0.25) is 0 Å². The van der Waals surface area contributed by atoms with E-state index in [1.165, 1.54) is 12.1 Å². The molecule has 0 amide bonds. The molecule has 20 heavy (non-hydrogen) atoms. The van der Waals surface area contributed by atoms with Crippen molar-refractivity contribution in [2.75, 3.05) is 26.9 Å². The monoisotopic (exact) mass is 295 g/mol. The van der Waals surface area contributed by atoms with Gasteiger partial charge in [-0.2, -0.15) is 13.2 Å². The van der Waals surface area contributed by atoms with E-state index in [0.29, 0.717) is 5.75 Å². The molecule has 0 aromatic heterocycles. The Balaban J connectivity index is 2.52. The average Bonchev–Trinajstić information content (AvgIpc) is 2.36. The minimum Gasteiger partial charge on any atom is -0.491 e. The highest BCUT2D eigenvalue weighted by Gasteiger charge is 2.27. The lowest BCUT2D eigenvalue weighted by atomic mass is 10.1. The second-order valence-corrected chi connectivity index (χ2v) is 4.21. The molecule has 0 aliphatic carbocycles. The molecule has 0 aliphatic rings. The third-order valence-corrected chi connectivity index (χ3v) is 2.63. The summed E-state index contributed by atoms with van der Waals surface area (Å²) in [5.74, 6) is -0.175. The first kappa shape index (κ1) is 16.7. The number of ether oxygens (including phenoxy) is 2. The first-order valence-corrected chi connectivity index (χ1v) is 6.07. The van der Waals surface area contributed by atoms with E-state index in [1.54, 1.807) is 13.1 Å². The van der Waals surface area contributed by atoms with Crippen LogP contribution in [-0.2, 0) is 4.74 Å². The zero-order valence-corrected chi connectivity index (χ0v) is 11.3. The van der Waals surface area contributed by atoms with Crippen LogP contribution in [0.3, 0.4) is 0 Å². The average molecular weight is 295 g/mol. The van der Waals surface area contributed by atoms with Gasteiger partial charge in [0, 0.05) is 17.7 Å². The van der Waals surface area contributed by atoms with Crippen LogP contribution in [0.25, 0.3) is 0 Å². The van der Waals surface area contributed by atoms with Gasteiger partial charge in [-0.1, -0.05) is 6.07 Å². The normalized spacial score (nSPS) is 13.3. The molecule has 1 aromatic carbocycles. The van der Waals surface area contributed by atoms with Crippen LogP contribution in [0.1, 0.15) is 18.5 Å². The Labute approximate surface area is 114 Å². The van der Waals surface area contributed by atoms with Gasteiger partial charge in [0.15, 0.2) is 0 Å². The van der Waals surface area contributed by atoms with E-state index in [2.05, 4.69) is 10.1 Å². The second-order valence-electron chi connectivity index (χ2n) is 4.21. The van der Waals surface area contributed by atoms with E-state index in [-0.39, 0.29) is 19.3 Å². The maximum atomic E-state index is 13.2. The summed E-state index contributed by atoms with van der Waals surface area (Å²) < 4.78 is 58.4. The topological polar surface area (TPSA) is 30.5 Å². The van der Waals surface area contributed by atoms with E-state index in [4.69, 9.17) is 4.74 Å². The van der Waals surface area contributed by atoms with Crippen molar-refractivity contribution in [1.29, 1.82) is 0 Å². The first-order chi connectivity index (χ1) is 9.33. The molecule has 0 heterocycles. The minimum absolute atomic E-state index is 0.0679. The number of alkyl halides is 3. The van der Waals surface area contributed by atoms with Gasteiger partial charge < -0.3 is 14.8 Å². The van der Waals surface area contributed by atoms with Crippen LogP contribution < -0.4 is 10.1 Å².